The number of hydrogen-bond donors (Lipinski definition) is 0. The molecule has 0 aliphatic heterocycles. The fourth-order valence-electron chi connectivity index (χ4n) is 2.37. The van der Waals surface area contributed by atoms with Gasteiger partial charge in [0, 0.05) is 17.5 Å². The smallest absolute Gasteiger partial charge is 0.269 e. The summed E-state index contributed by atoms with van der Waals surface area (Å²) >= 11 is 0. The average Bonchev–Trinajstić information content (AvgIpc) is 2.87. The molecule has 0 saturated heterocycles. The van der Waals surface area contributed by atoms with Crippen molar-refractivity contribution in [1.29, 1.82) is 0 Å². The summed E-state index contributed by atoms with van der Waals surface area (Å²) < 4.78 is 5.75. The first-order valence-electron chi connectivity index (χ1n) is 6.96. The van der Waals surface area contributed by atoms with E-state index in [1.54, 1.807) is 12.1 Å². The Kier molecular flexibility index (Phi) is 3.51. The SMILES string of the molecule is CC(C)=Cc1cc2cc(-c3ccc([N+](=O)[O-])cc3)ccc2o1. The molecule has 4 nitrogen and oxygen atoms in total. The van der Waals surface area contributed by atoms with Gasteiger partial charge in [-0.15, -0.1) is 0 Å². The molecule has 4 heteroatoms. The largest absolute Gasteiger partial charge is 0.457 e. The Morgan fingerprint density at radius 1 is 1.05 bits per heavy atom. The lowest BCUT2D eigenvalue weighted by molar-refractivity contribution is -0.384. The van der Waals surface area contributed by atoms with Crippen LogP contribution in [0.5, 0.6) is 0 Å². The summed E-state index contributed by atoms with van der Waals surface area (Å²) in [5.74, 6) is 0.829. The molecule has 1 aromatic heterocycles. The van der Waals surface area contributed by atoms with Gasteiger partial charge in [0.1, 0.15) is 11.3 Å². The zero-order valence-electron chi connectivity index (χ0n) is 12.4. The molecule has 22 heavy (non-hydrogen) atoms. The molecule has 0 aliphatic rings. The highest BCUT2D eigenvalue weighted by molar-refractivity contribution is 5.85. The Balaban J connectivity index is 2.00. The van der Waals surface area contributed by atoms with Gasteiger partial charge in [-0.05, 0) is 61.4 Å². The summed E-state index contributed by atoms with van der Waals surface area (Å²) in [5.41, 5.74) is 4.05. The Bertz CT molecular complexity index is 869. The van der Waals surface area contributed by atoms with Crippen molar-refractivity contribution < 1.29 is 9.34 Å². The van der Waals surface area contributed by atoms with Crippen molar-refractivity contribution in [2.75, 3.05) is 0 Å². The van der Waals surface area contributed by atoms with Crippen LogP contribution in [0.2, 0.25) is 0 Å². The summed E-state index contributed by atoms with van der Waals surface area (Å²) in [6.07, 6.45) is 1.99. The second-order valence-corrected chi connectivity index (χ2v) is 5.43. The van der Waals surface area contributed by atoms with Crippen LogP contribution in [0.15, 0.2) is 58.5 Å². The van der Waals surface area contributed by atoms with E-state index in [9.17, 15) is 10.1 Å². The maximum Gasteiger partial charge on any atom is 0.269 e. The predicted octanol–water partition coefficient (Wildman–Crippen LogP) is 5.43. The maximum atomic E-state index is 10.7. The molecule has 0 radical (unpaired) electrons. The third-order valence-corrected chi connectivity index (χ3v) is 3.38. The first-order valence-corrected chi connectivity index (χ1v) is 6.96. The van der Waals surface area contributed by atoms with Crippen molar-refractivity contribution >= 4 is 22.7 Å². The Morgan fingerprint density at radius 2 is 1.73 bits per heavy atom. The lowest BCUT2D eigenvalue weighted by Crippen LogP contribution is -1.87. The monoisotopic (exact) mass is 293 g/mol. The molecule has 0 unspecified atom stereocenters. The second kappa shape index (κ2) is 5.48. The fraction of sp³-hybridized carbons (Fsp3) is 0.111. The van der Waals surface area contributed by atoms with E-state index >= 15 is 0 Å². The van der Waals surface area contributed by atoms with Crippen molar-refractivity contribution in [1.82, 2.24) is 0 Å². The number of rotatable bonds is 3. The first kappa shape index (κ1) is 14.1. The number of fused-ring (bicyclic) bond motifs is 1. The van der Waals surface area contributed by atoms with E-state index in [0.717, 1.165) is 27.9 Å². The van der Waals surface area contributed by atoms with Crippen LogP contribution in [0.4, 0.5) is 5.69 Å². The highest BCUT2D eigenvalue weighted by Crippen LogP contribution is 2.28. The van der Waals surface area contributed by atoms with E-state index in [4.69, 9.17) is 4.42 Å². The number of nitro groups is 1. The topological polar surface area (TPSA) is 56.3 Å². The van der Waals surface area contributed by atoms with Crippen molar-refractivity contribution in [2.24, 2.45) is 0 Å². The molecule has 0 bridgehead atoms. The van der Waals surface area contributed by atoms with Gasteiger partial charge in [-0.2, -0.15) is 0 Å². The predicted molar refractivity (Wildman–Crippen MR) is 87.6 cm³/mol. The van der Waals surface area contributed by atoms with E-state index in [1.165, 1.54) is 17.7 Å². The van der Waals surface area contributed by atoms with Crippen LogP contribution >= 0.6 is 0 Å². The van der Waals surface area contributed by atoms with E-state index in [0.29, 0.717) is 0 Å². The summed E-state index contributed by atoms with van der Waals surface area (Å²) in [4.78, 5) is 10.3. The van der Waals surface area contributed by atoms with Gasteiger partial charge in [0.25, 0.3) is 5.69 Å². The minimum Gasteiger partial charge on any atom is -0.457 e. The number of furan rings is 1. The summed E-state index contributed by atoms with van der Waals surface area (Å²) in [6.45, 7) is 4.05. The second-order valence-electron chi connectivity index (χ2n) is 5.43. The Labute approximate surface area is 127 Å². The molecule has 0 fully saturated rings. The van der Waals surface area contributed by atoms with Gasteiger partial charge in [0.05, 0.1) is 4.92 Å². The van der Waals surface area contributed by atoms with Gasteiger partial charge in [0.2, 0.25) is 0 Å². The van der Waals surface area contributed by atoms with Crippen LogP contribution in [-0.4, -0.2) is 4.92 Å². The summed E-state index contributed by atoms with van der Waals surface area (Å²) in [5, 5.41) is 11.7. The lowest BCUT2D eigenvalue weighted by atomic mass is 10.0. The van der Waals surface area contributed by atoms with Crippen LogP contribution in [0.1, 0.15) is 19.6 Å². The molecule has 1 heterocycles. The van der Waals surface area contributed by atoms with Crippen LogP contribution in [0, 0.1) is 10.1 Å². The van der Waals surface area contributed by atoms with Crippen LogP contribution in [-0.2, 0) is 0 Å². The van der Waals surface area contributed by atoms with Crippen molar-refractivity contribution in [3.63, 3.8) is 0 Å². The van der Waals surface area contributed by atoms with E-state index < -0.39 is 4.92 Å². The van der Waals surface area contributed by atoms with Gasteiger partial charge < -0.3 is 4.42 Å². The molecular formula is C18H15NO3. The molecule has 0 N–H and O–H groups in total. The van der Waals surface area contributed by atoms with Crippen LogP contribution < -0.4 is 0 Å². The molecule has 2 aromatic carbocycles. The Hall–Kier alpha value is -2.88. The quantitative estimate of drug-likeness (QED) is 0.478. The molecule has 0 spiro atoms. The minimum atomic E-state index is -0.394. The molecule has 110 valence electrons. The minimum absolute atomic E-state index is 0.0963. The third kappa shape index (κ3) is 2.76. The lowest BCUT2D eigenvalue weighted by Gasteiger charge is -2.01. The van der Waals surface area contributed by atoms with E-state index in [1.807, 2.05) is 44.2 Å². The normalized spacial score (nSPS) is 10.6. The first-order chi connectivity index (χ1) is 10.5. The fourth-order valence-corrected chi connectivity index (χ4v) is 2.37. The summed E-state index contributed by atoms with van der Waals surface area (Å²) in [7, 11) is 0. The highest BCUT2D eigenvalue weighted by Gasteiger charge is 2.07. The van der Waals surface area contributed by atoms with Crippen molar-refractivity contribution in [3.8, 4) is 11.1 Å². The number of hydrogen-bond acceptors (Lipinski definition) is 3. The molecule has 3 rings (SSSR count). The summed E-state index contributed by atoms with van der Waals surface area (Å²) in [6, 6.07) is 14.5. The van der Waals surface area contributed by atoms with Gasteiger partial charge >= 0.3 is 0 Å². The van der Waals surface area contributed by atoms with Crippen LogP contribution in [0.3, 0.4) is 0 Å². The highest BCUT2D eigenvalue weighted by atomic mass is 16.6. The van der Waals surface area contributed by atoms with Gasteiger partial charge in [0.15, 0.2) is 0 Å². The molecule has 0 atom stereocenters. The molecule has 0 saturated carbocycles. The number of allylic oxidation sites excluding steroid dienone is 1. The van der Waals surface area contributed by atoms with E-state index in [2.05, 4.69) is 0 Å². The van der Waals surface area contributed by atoms with Crippen LogP contribution in [0.25, 0.3) is 28.2 Å². The number of nitrogens with zero attached hydrogens (tertiary/aromatic N) is 1. The number of non-ortho nitro benzene ring substituents is 1. The van der Waals surface area contributed by atoms with Gasteiger partial charge in [-0.25, -0.2) is 0 Å². The Morgan fingerprint density at radius 3 is 2.36 bits per heavy atom. The molecule has 0 aliphatic carbocycles. The van der Waals surface area contributed by atoms with Gasteiger partial charge in [-0.3, -0.25) is 10.1 Å². The van der Waals surface area contributed by atoms with Gasteiger partial charge in [-0.1, -0.05) is 11.6 Å². The number of nitro benzene ring substituents is 1. The average molecular weight is 293 g/mol. The molecule has 3 aromatic rings. The molecular weight excluding hydrogens is 278 g/mol. The van der Waals surface area contributed by atoms with Crippen molar-refractivity contribution in [3.05, 3.63) is 70.0 Å². The third-order valence-electron chi connectivity index (χ3n) is 3.38. The number of benzene rings is 2. The van der Waals surface area contributed by atoms with E-state index in [-0.39, 0.29) is 5.69 Å². The maximum absolute atomic E-state index is 10.7. The van der Waals surface area contributed by atoms with Crippen molar-refractivity contribution in [2.45, 2.75) is 13.8 Å². The zero-order valence-corrected chi connectivity index (χ0v) is 12.4. The standard InChI is InChI=1S/C18H15NO3/c1-12(2)9-17-11-15-10-14(5-8-18(15)22-17)13-3-6-16(7-4-13)19(20)21/h3-11H,1-2H3. The zero-order chi connectivity index (χ0) is 15.7. The molecule has 0 amide bonds.